The number of rotatable bonds is 4. The minimum absolute atomic E-state index is 0. The average Bonchev–Trinajstić information content (AvgIpc) is 3.24. The number of H-pyrrole nitrogens is 1. The zero-order chi connectivity index (χ0) is 22.9. The highest BCUT2D eigenvalue weighted by Crippen LogP contribution is 2.22. The van der Waals surface area contributed by atoms with Gasteiger partial charge in [0.25, 0.3) is 5.91 Å². The van der Waals surface area contributed by atoms with E-state index in [9.17, 15) is 9.59 Å². The van der Waals surface area contributed by atoms with Crippen molar-refractivity contribution in [2.24, 2.45) is 0 Å². The number of hydrogen-bond acceptors (Lipinski definition) is 4. The second kappa shape index (κ2) is 10.5. The zero-order valence-electron chi connectivity index (χ0n) is 20.3. The van der Waals surface area contributed by atoms with Gasteiger partial charge < -0.3 is 19.7 Å². The summed E-state index contributed by atoms with van der Waals surface area (Å²) in [6, 6.07) is 8.30. The number of carbonyl (C=O) groups excluding carboxylic acids is 2. The minimum Gasteiger partial charge on any atom is -0.361 e. The fraction of sp³-hybridized carbons (Fsp3) is 0.600. The molecule has 2 amide bonds. The molecule has 1 aromatic carbocycles. The number of fused-ring (bicyclic) bond motifs is 1. The van der Waals surface area contributed by atoms with Gasteiger partial charge in [0, 0.05) is 55.0 Å². The summed E-state index contributed by atoms with van der Waals surface area (Å²) in [4.78, 5) is 38.3. The number of aromatic nitrogens is 1. The monoisotopic (exact) mass is 475 g/mol. The van der Waals surface area contributed by atoms with Crippen LogP contribution in [0.1, 0.15) is 44.0 Å². The summed E-state index contributed by atoms with van der Waals surface area (Å²) in [6.45, 7) is 11.7. The Hall–Kier alpha value is -2.09. The molecule has 2 aromatic rings. The third kappa shape index (κ3) is 5.89. The first-order chi connectivity index (χ1) is 15.2. The maximum atomic E-state index is 13.4. The number of hydrogen-bond donors (Lipinski definition) is 1. The highest BCUT2D eigenvalue weighted by atomic mass is 35.5. The maximum Gasteiger partial charge on any atom is 0.254 e. The van der Waals surface area contributed by atoms with Crippen molar-refractivity contribution in [1.29, 1.82) is 0 Å². The van der Waals surface area contributed by atoms with Gasteiger partial charge in [0.1, 0.15) is 6.54 Å². The van der Waals surface area contributed by atoms with Crippen LogP contribution in [-0.4, -0.2) is 101 Å². The van der Waals surface area contributed by atoms with E-state index in [1.54, 1.807) is 4.90 Å². The number of amides is 2. The lowest BCUT2D eigenvalue weighted by atomic mass is 10.0. The standard InChI is InChI=1S/C25H37N5O2.ClH/c1-25(2,3)30(24(32)20-6-5-19-7-10-26-22(19)17-20)18-23(31)29-15-13-28(14-16-29)21-8-11-27(4)12-9-21;/h5-7,10,17,21,26H,8-9,11-16,18H2,1-4H3;1H. The van der Waals surface area contributed by atoms with E-state index < -0.39 is 5.54 Å². The quantitative estimate of drug-likeness (QED) is 0.738. The van der Waals surface area contributed by atoms with Gasteiger partial charge in [-0.3, -0.25) is 14.5 Å². The molecule has 7 nitrogen and oxygen atoms in total. The van der Waals surface area contributed by atoms with E-state index in [-0.39, 0.29) is 30.8 Å². The van der Waals surface area contributed by atoms with Crippen LogP contribution in [-0.2, 0) is 4.79 Å². The Balaban J connectivity index is 0.00000306. The predicted molar refractivity (Wildman–Crippen MR) is 135 cm³/mol. The first kappa shape index (κ1) is 25.5. The van der Waals surface area contributed by atoms with Crippen LogP contribution in [0.2, 0.25) is 0 Å². The van der Waals surface area contributed by atoms with Crippen molar-refractivity contribution in [2.45, 2.75) is 45.2 Å². The van der Waals surface area contributed by atoms with Gasteiger partial charge >= 0.3 is 0 Å². The third-order valence-corrected chi connectivity index (χ3v) is 7.02. The van der Waals surface area contributed by atoms with Crippen molar-refractivity contribution in [3.8, 4) is 0 Å². The van der Waals surface area contributed by atoms with Gasteiger partial charge in [0.05, 0.1) is 0 Å². The summed E-state index contributed by atoms with van der Waals surface area (Å²) in [5.41, 5.74) is 1.09. The smallest absolute Gasteiger partial charge is 0.254 e. The van der Waals surface area contributed by atoms with Gasteiger partial charge in [-0.2, -0.15) is 0 Å². The molecule has 2 fully saturated rings. The number of piperidine rings is 1. The number of benzene rings is 1. The molecule has 0 bridgehead atoms. The fourth-order valence-electron chi connectivity index (χ4n) is 4.88. The van der Waals surface area contributed by atoms with Crippen LogP contribution in [0.5, 0.6) is 0 Å². The molecule has 0 aliphatic carbocycles. The van der Waals surface area contributed by atoms with E-state index >= 15 is 0 Å². The summed E-state index contributed by atoms with van der Waals surface area (Å²) in [5.74, 6) is -0.0652. The maximum absolute atomic E-state index is 13.4. The van der Waals surface area contributed by atoms with Crippen LogP contribution < -0.4 is 0 Å². The van der Waals surface area contributed by atoms with E-state index in [1.165, 1.54) is 12.8 Å². The lowest BCUT2D eigenvalue weighted by Gasteiger charge is -2.43. The third-order valence-electron chi connectivity index (χ3n) is 7.02. The van der Waals surface area contributed by atoms with Gasteiger partial charge in [-0.05, 0) is 77.3 Å². The van der Waals surface area contributed by atoms with Crippen LogP contribution in [0.3, 0.4) is 0 Å². The Labute approximate surface area is 203 Å². The van der Waals surface area contributed by atoms with E-state index in [0.29, 0.717) is 11.6 Å². The minimum atomic E-state index is -0.451. The van der Waals surface area contributed by atoms with E-state index in [1.807, 2.05) is 56.1 Å². The highest BCUT2D eigenvalue weighted by Gasteiger charge is 2.33. The Bertz CT molecular complexity index is 953. The predicted octanol–water partition coefficient (Wildman–Crippen LogP) is 3.07. The molecule has 4 rings (SSSR count). The molecule has 0 unspecified atom stereocenters. The van der Waals surface area contributed by atoms with Gasteiger partial charge in [-0.1, -0.05) is 6.07 Å². The molecule has 182 valence electrons. The molecule has 0 saturated carbocycles. The number of likely N-dealkylation sites (tertiary alicyclic amines) is 1. The molecular formula is C25H38ClN5O2. The van der Waals surface area contributed by atoms with E-state index in [4.69, 9.17) is 0 Å². The average molecular weight is 476 g/mol. The molecule has 33 heavy (non-hydrogen) atoms. The summed E-state index contributed by atoms with van der Waals surface area (Å²) >= 11 is 0. The largest absolute Gasteiger partial charge is 0.361 e. The summed E-state index contributed by atoms with van der Waals surface area (Å²) in [7, 11) is 2.19. The van der Waals surface area contributed by atoms with Crippen LogP contribution in [0, 0.1) is 0 Å². The molecule has 2 aliphatic rings. The van der Waals surface area contributed by atoms with Crippen molar-refractivity contribution in [3.63, 3.8) is 0 Å². The number of nitrogens with zero attached hydrogens (tertiary/aromatic N) is 4. The topological polar surface area (TPSA) is 62.9 Å². The Morgan fingerprint density at radius 3 is 2.33 bits per heavy atom. The molecule has 0 radical (unpaired) electrons. The molecule has 8 heteroatoms. The van der Waals surface area contributed by atoms with Crippen molar-refractivity contribution in [3.05, 3.63) is 36.0 Å². The number of carbonyl (C=O) groups is 2. The number of nitrogens with one attached hydrogen (secondary N) is 1. The Morgan fingerprint density at radius 2 is 1.70 bits per heavy atom. The summed E-state index contributed by atoms with van der Waals surface area (Å²) in [6.07, 6.45) is 4.29. The van der Waals surface area contributed by atoms with Gasteiger partial charge in [-0.15, -0.1) is 12.4 Å². The van der Waals surface area contributed by atoms with E-state index in [2.05, 4.69) is 21.8 Å². The lowest BCUT2D eigenvalue weighted by molar-refractivity contribution is -0.135. The first-order valence-electron chi connectivity index (χ1n) is 11.8. The highest BCUT2D eigenvalue weighted by molar-refractivity contribution is 5.99. The normalized spacial score (nSPS) is 18.8. The molecule has 1 aromatic heterocycles. The number of aromatic amines is 1. The van der Waals surface area contributed by atoms with Crippen LogP contribution in [0.25, 0.3) is 10.9 Å². The Morgan fingerprint density at radius 1 is 1.03 bits per heavy atom. The first-order valence-corrected chi connectivity index (χ1v) is 11.8. The van der Waals surface area contributed by atoms with Crippen molar-refractivity contribution < 1.29 is 9.59 Å². The lowest BCUT2D eigenvalue weighted by Crippen LogP contribution is -2.57. The second-order valence-electron chi connectivity index (χ2n) is 10.3. The van der Waals surface area contributed by atoms with Crippen LogP contribution in [0.15, 0.2) is 30.5 Å². The molecule has 0 spiro atoms. The Kier molecular flexibility index (Phi) is 8.08. The van der Waals surface area contributed by atoms with Gasteiger partial charge in [-0.25, -0.2) is 0 Å². The van der Waals surface area contributed by atoms with E-state index in [0.717, 1.165) is 50.2 Å². The van der Waals surface area contributed by atoms with Gasteiger partial charge in [0.15, 0.2) is 0 Å². The number of halogens is 1. The molecule has 0 atom stereocenters. The zero-order valence-corrected chi connectivity index (χ0v) is 21.2. The van der Waals surface area contributed by atoms with Crippen molar-refractivity contribution >= 4 is 35.1 Å². The van der Waals surface area contributed by atoms with Crippen LogP contribution >= 0.6 is 12.4 Å². The van der Waals surface area contributed by atoms with Gasteiger partial charge in [0.2, 0.25) is 5.91 Å². The molecule has 3 heterocycles. The molecule has 1 N–H and O–H groups in total. The van der Waals surface area contributed by atoms with Crippen molar-refractivity contribution in [1.82, 2.24) is 24.6 Å². The van der Waals surface area contributed by atoms with Crippen LogP contribution in [0.4, 0.5) is 0 Å². The summed E-state index contributed by atoms with van der Waals surface area (Å²) in [5, 5.41) is 1.07. The molecule has 2 saturated heterocycles. The molecule has 2 aliphatic heterocycles. The summed E-state index contributed by atoms with van der Waals surface area (Å²) < 4.78 is 0. The second-order valence-corrected chi connectivity index (χ2v) is 10.3. The number of piperazine rings is 1. The van der Waals surface area contributed by atoms with Crippen molar-refractivity contribution in [2.75, 3.05) is 52.9 Å². The SMILES string of the molecule is CN1CCC(N2CCN(C(=O)CN(C(=O)c3ccc4cc[nH]c4c3)C(C)(C)C)CC2)CC1.Cl. The fourth-order valence-corrected chi connectivity index (χ4v) is 4.88. The molecular weight excluding hydrogens is 438 g/mol.